The van der Waals surface area contributed by atoms with E-state index in [0.29, 0.717) is 18.1 Å². The van der Waals surface area contributed by atoms with Gasteiger partial charge in [-0.1, -0.05) is 13.8 Å². The highest BCUT2D eigenvalue weighted by Gasteiger charge is 2.59. The summed E-state index contributed by atoms with van der Waals surface area (Å²) in [4.78, 5) is 4.37. The molecule has 4 nitrogen and oxygen atoms in total. The molecule has 2 fully saturated rings. The highest BCUT2D eigenvalue weighted by atomic mass is 32.1. The molecule has 1 N–H and O–H groups in total. The van der Waals surface area contributed by atoms with Gasteiger partial charge < -0.3 is 10.1 Å². The zero-order chi connectivity index (χ0) is 11.3. The minimum Gasteiger partial charge on any atom is -0.377 e. The standard InChI is InChI=1S/C11H17N3OS/c1-6-12-10(16-14-6)13-8-7-4-5-15-9(7)11(8,2)3/h7-9H,4-5H2,1-3H3,(H,12,13,14)/t7-,8-,9-/m0/s1. The molecule has 2 heterocycles. The predicted molar refractivity (Wildman–Crippen MR) is 63.7 cm³/mol. The third-order valence-electron chi connectivity index (χ3n) is 3.91. The van der Waals surface area contributed by atoms with Crippen molar-refractivity contribution in [2.45, 2.75) is 39.3 Å². The number of aromatic nitrogens is 2. The van der Waals surface area contributed by atoms with Crippen LogP contribution in [0.3, 0.4) is 0 Å². The first kappa shape index (κ1) is 10.5. The van der Waals surface area contributed by atoms with Crippen LogP contribution in [0.15, 0.2) is 0 Å². The summed E-state index contributed by atoms with van der Waals surface area (Å²) < 4.78 is 9.97. The number of aryl methyl sites for hydroxylation is 1. The van der Waals surface area contributed by atoms with Crippen LogP contribution in [0.5, 0.6) is 0 Å². The lowest BCUT2D eigenvalue weighted by Gasteiger charge is -2.54. The second-order valence-electron chi connectivity index (χ2n) is 5.33. The quantitative estimate of drug-likeness (QED) is 0.858. The Labute approximate surface area is 99.6 Å². The van der Waals surface area contributed by atoms with E-state index in [0.717, 1.165) is 17.6 Å². The van der Waals surface area contributed by atoms with Crippen LogP contribution in [0, 0.1) is 18.3 Å². The van der Waals surface area contributed by atoms with Gasteiger partial charge >= 0.3 is 0 Å². The minimum absolute atomic E-state index is 0.209. The average molecular weight is 239 g/mol. The Morgan fingerprint density at radius 3 is 3.00 bits per heavy atom. The molecule has 2 aliphatic rings. The topological polar surface area (TPSA) is 47.0 Å². The molecule has 1 aromatic rings. The molecule has 1 aliphatic carbocycles. The largest absolute Gasteiger partial charge is 0.377 e. The summed E-state index contributed by atoms with van der Waals surface area (Å²) in [5, 5.41) is 4.47. The van der Waals surface area contributed by atoms with Crippen molar-refractivity contribution in [3.05, 3.63) is 5.82 Å². The van der Waals surface area contributed by atoms with Gasteiger partial charge in [-0.25, -0.2) is 4.98 Å². The summed E-state index contributed by atoms with van der Waals surface area (Å²) in [6, 6.07) is 0.479. The Bertz CT molecular complexity index is 404. The summed E-state index contributed by atoms with van der Waals surface area (Å²) >= 11 is 1.45. The lowest BCUT2D eigenvalue weighted by Crippen LogP contribution is -2.63. The molecule has 5 heteroatoms. The smallest absolute Gasteiger partial charge is 0.202 e. The zero-order valence-corrected chi connectivity index (χ0v) is 10.7. The van der Waals surface area contributed by atoms with Crippen molar-refractivity contribution in [1.29, 1.82) is 0 Å². The summed E-state index contributed by atoms with van der Waals surface area (Å²) in [6.07, 6.45) is 1.60. The molecule has 0 radical (unpaired) electrons. The Morgan fingerprint density at radius 1 is 1.50 bits per heavy atom. The molecule has 0 aromatic carbocycles. The number of nitrogens with one attached hydrogen (secondary N) is 1. The number of ether oxygens (including phenoxy) is 1. The van der Waals surface area contributed by atoms with E-state index >= 15 is 0 Å². The van der Waals surface area contributed by atoms with E-state index in [1.165, 1.54) is 18.0 Å². The molecule has 3 rings (SSSR count). The van der Waals surface area contributed by atoms with Crippen molar-refractivity contribution in [2.75, 3.05) is 11.9 Å². The van der Waals surface area contributed by atoms with Crippen LogP contribution >= 0.6 is 11.5 Å². The highest BCUT2D eigenvalue weighted by Crippen LogP contribution is 2.53. The van der Waals surface area contributed by atoms with Gasteiger partial charge in [-0.05, 0) is 13.3 Å². The van der Waals surface area contributed by atoms with Crippen molar-refractivity contribution in [3.8, 4) is 0 Å². The molecular weight excluding hydrogens is 222 g/mol. The Hall–Kier alpha value is -0.680. The zero-order valence-electron chi connectivity index (χ0n) is 9.86. The van der Waals surface area contributed by atoms with Crippen molar-refractivity contribution < 1.29 is 4.74 Å². The van der Waals surface area contributed by atoms with E-state index in [1.54, 1.807) is 0 Å². The molecule has 0 amide bonds. The van der Waals surface area contributed by atoms with Crippen LogP contribution in [0.1, 0.15) is 26.1 Å². The molecule has 0 bridgehead atoms. The fourth-order valence-electron chi connectivity index (χ4n) is 3.11. The summed E-state index contributed by atoms with van der Waals surface area (Å²) in [7, 11) is 0. The maximum Gasteiger partial charge on any atom is 0.202 e. The van der Waals surface area contributed by atoms with E-state index in [1.807, 2.05) is 6.92 Å². The number of fused-ring (bicyclic) bond motifs is 1. The molecular formula is C11H17N3OS. The number of hydrogen-bond acceptors (Lipinski definition) is 5. The number of anilines is 1. The molecule has 0 unspecified atom stereocenters. The average Bonchev–Trinajstić information content (AvgIpc) is 2.81. The molecule has 3 atom stereocenters. The van der Waals surface area contributed by atoms with E-state index in [9.17, 15) is 0 Å². The SMILES string of the molecule is Cc1nsc(N[C@H]2[C@@H]3CCO[C@@H]3C2(C)C)n1. The third kappa shape index (κ3) is 1.38. The van der Waals surface area contributed by atoms with Crippen molar-refractivity contribution in [3.63, 3.8) is 0 Å². The lowest BCUT2D eigenvalue weighted by molar-refractivity contribution is -0.0923. The Kier molecular flexibility index (Phi) is 2.23. The van der Waals surface area contributed by atoms with E-state index in [4.69, 9.17) is 4.74 Å². The van der Waals surface area contributed by atoms with E-state index < -0.39 is 0 Å². The van der Waals surface area contributed by atoms with Crippen LogP contribution in [-0.4, -0.2) is 28.1 Å². The van der Waals surface area contributed by atoms with Gasteiger partial charge in [-0.3, -0.25) is 0 Å². The monoisotopic (exact) mass is 239 g/mol. The predicted octanol–water partition coefficient (Wildman–Crippen LogP) is 2.07. The molecule has 1 saturated carbocycles. The highest BCUT2D eigenvalue weighted by molar-refractivity contribution is 7.09. The number of nitrogens with zero attached hydrogens (tertiary/aromatic N) is 2. The summed E-state index contributed by atoms with van der Waals surface area (Å²) in [5.41, 5.74) is 0.209. The normalized spacial score (nSPS) is 35.6. The molecule has 1 saturated heterocycles. The number of hydrogen-bond donors (Lipinski definition) is 1. The van der Waals surface area contributed by atoms with Gasteiger partial charge in [0.15, 0.2) is 0 Å². The fourth-order valence-corrected chi connectivity index (χ4v) is 3.72. The van der Waals surface area contributed by atoms with Crippen LogP contribution in [0.2, 0.25) is 0 Å². The lowest BCUT2D eigenvalue weighted by atomic mass is 9.57. The van der Waals surface area contributed by atoms with Crippen molar-refractivity contribution in [1.82, 2.24) is 9.36 Å². The van der Waals surface area contributed by atoms with Gasteiger partial charge in [0.1, 0.15) is 5.82 Å². The van der Waals surface area contributed by atoms with Crippen molar-refractivity contribution >= 4 is 16.7 Å². The minimum atomic E-state index is 0.209. The Morgan fingerprint density at radius 2 is 2.31 bits per heavy atom. The van der Waals surface area contributed by atoms with E-state index in [-0.39, 0.29) is 5.41 Å². The van der Waals surface area contributed by atoms with Crippen LogP contribution in [-0.2, 0) is 4.74 Å². The van der Waals surface area contributed by atoms with Gasteiger partial charge in [-0.15, -0.1) is 0 Å². The fraction of sp³-hybridized carbons (Fsp3) is 0.818. The molecule has 1 aliphatic heterocycles. The number of rotatable bonds is 2. The third-order valence-corrected chi connectivity index (χ3v) is 4.64. The Balaban J connectivity index is 1.75. The van der Waals surface area contributed by atoms with Gasteiger partial charge in [0.25, 0.3) is 0 Å². The van der Waals surface area contributed by atoms with Crippen LogP contribution < -0.4 is 5.32 Å². The molecule has 16 heavy (non-hydrogen) atoms. The van der Waals surface area contributed by atoms with Gasteiger partial charge in [0.2, 0.25) is 5.13 Å². The van der Waals surface area contributed by atoms with Crippen LogP contribution in [0.25, 0.3) is 0 Å². The second-order valence-corrected chi connectivity index (χ2v) is 6.09. The summed E-state index contributed by atoms with van der Waals surface area (Å²) in [5.74, 6) is 1.50. The van der Waals surface area contributed by atoms with Crippen molar-refractivity contribution in [2.24, 2.45) is 11.3 Å². The summed E-state index contributed by atoms with van der Waals surface area (Å²) in [6.45, 7) is 7.37. The van der Waals surface area contributed by atoms with Gasteiger partial charge in [-0.2, -0.15) is 4.37 Å². The van der Waals surface area contributed by atoms with Gasteiger partial charge in [0.05, 0.1) is 6.10 Å². The second kappa shape index (κ2) is 3.40. The van der Waals surface area contributed by atoms with Crippen LogP contribution in [0.4, 0.5) is 5.13 Å². The first-order valence-corrected chi connectivity index (χ1v) is 6.55. The van der Waals surface area contributed by atoms with Gasteiger partial charge in [0, 0.05) is 35.5 Å². The molecule has 88 valence electrons. The van der Waals surface area contributed by atoms with E-state index in [2.05, 4.69) is 28.5 Å². The molecule has 1 aromatic heterocycles. The maximum atomic E-state index is 5.77. The first-order chi connectivity index (χ1) is 7.59. The maximum absolute atomic E-state index is 5.77. The molecule has 0 spiro atoms. The first-order valence-electron chi connectivity index (χ1n) is 5.77.